The van der Waals surface area contributed by atoms with Gasteiger partial charge in [-0.1, -0.05) is 26.8 Å². The maximum Gasteiger partial charge on any atom is 0.218 e. The zero-order chi connectivity index (χ0) is 28.0. The second-order valence-corrected chi connectivity index (χ2v) is 10.3. The summed E-state index contributed by atoms with van der Waals surface area (Å²) in [6.07, 6.45) is 6.29. The lowest BCUT2D eigenvalue weighted by atomic mass is 9.84. The number of allylic oxidation sites excluding steroid dienone is 2. The van der Waals surface area contributed by atoms with Gasteiger partial charge in [0.25, 0.3) is 0 Å². The molecule has 1 aliphatic rings. The predicted octanol–water partition coefficient (Wildman–Crippen LogP) is 6.13. The van der Waals surface area contributed by atoms with E-state index in [1.54, 1.807) is 27.2 Å². The molecule has 0 radical (unpaired) electrons. The number of carbonyl (C=O) groups is 1. The minimum Gasteiger partial charge on any atom is -0.497 e. The number of aromatic nitrogens is 3. The first-order valence-electron chi connectivity index (χ1n) is 12.9. The number of hydrogen-bond donors (Lipinski definition) is 2. The van der Waals surface area contributed by atoms with Crippen LogP contribution < -0.4 is 9.47 Å². The van der Waals surface area contributed by atoms with Crippen molar-refractivity contribution in [2.24, 2.45) is 5.92 Å². The molecule has 0 bridgehead atoms. The summed E-state index contributed by atoms with van der Waals surface area (Å²) in [4.78, 5) is 18.0. The Labute approximate surface area is 224 Å². The molecule has 2 aromatic heterocycles. The van der Waals surface area contributed by atoms with E-state index >= 15 is 0 Å². The molecule has 3 heterocycles. The largest absolute Gasteiger partial charge is 0.497 e. The van der Waals surface area contributed by atoms with E-state index < -0.39 is 11.5 Å². The van der Waals surface area contributed by atoms with Crippen LogP contribution in [-0.4, -0.2) is 45.4 Å². The molecule has 7 nitrogen and oxygen atoms in total. The summed E-state index contributed by atoms with van der Waals surface area (Å²) < 4.78 is 25.2. The molecule has 0 spiro atoms. The van der Waals surface area contributed by atoms with Crippen LogP contribution in [0.1, 0.15) is 70.6 Å². The number of hydrogen-bond acceptors (Lipinski definition) is 6. The molecule has 0 aliphatic carbocycles. The van der Waals surface area contributed by atoms with E-state index in [4.69, 9.17) is 14.6 Å². The fraction of sp³-hybridized carbons (Fsp3) is 0.433. The molecule has 2 N–H and O–H groups in total. The maximum absolute atomic E-state index is 14.0. The summed E-state index contributed by atoms with van der Waals surface area (Å²) >= 11 is 0. The van der Waals surface area contributed by atoms with Crippen LogP contribution in [0, 0.1) is 11.9 Å². The minimum atomic E-state index is -0.532. The van der Waals surface area contributed by atoms with Crippen molar-refractivity contribution in [1.82, 2.24) is 15.2 Å². The number of fused-ring (bicyclic) bond motifs is 1. The molecular formula is C30H38FN3O4. The third-order valence-corrected chi connectivity index (χ3v) is 6.68. The molecule has 0 saturated carbocycles. The lowest BCUT2D eigenvalue weighted by Gasteiger charge is -2.26. The number of aromatic amines is 1. The summed E-state index contributed by atoms with van der Waals surface area (Å²) in [5, 5.41) is 14.9. The van der Waals surface area contributed by atoms with Gasteiger partial charge in [-0.05, 0) is 74.9 Å². The van der Waals surface area contributed by atoms with Crippen LogP contribution in [0.2, 0.25) is 0 Å². The number of pyridine rings is 1. The molecule has 204 valence electrons. The third-order valence-electron chi connectivity index (χ3n) is 6.68. The van der Waals surface area contributed by atoms with Crippen LogP contribution >= 0.6 is 0 Å². The van der Waals surface area contributed by atoms with Gasteiger partial charge >= 0.3 is 0 Å². The molecule has 1 aliphatic heterocycles. The first-order chi connectivity index (χ1) is 18.0. The van der Waals surface area contributed by atoms with Crippen molar-refractivity contribution in [2.75, 3.05) is 13.7 Å². The van der Waals surface area contributed by atoms with Gasteiger partial charge in [-0.3, -0.25) is 14.9 Å². The summed E-state index contributed by atoms with van der Waals surface area (Å²) in [6.45, 7) is 11.8. The Morgan fingerprint density at radius 1 is 1.32 bits per heavy atom. The number of nitrogens with one attached hydrogen (secondary N) is 1. The highest BCUT2D eigenvalue weighted by molar-refractivity contribution is 6.22. The molecule has 0 amide bonds. The quantitative estimate of drug-likeness (QED) is 0.362. The van der Waals surface area contributed by atoms with E-state index in [0.717, 1.165) is 34.6 Å². The summed E-state index contributed by atoms with van der Waals surface area (Å²) in [7, 11) is 1.62. The molecule has 0 saturated heterocycles. The van der Waals surface area contributed by atoms with E-state index in [2.05, 4.69) is 15.2 Å². The number of carbonyl (C=O) groups excluding carboxylic acids is 1. The average Bonchev–Trinajstić information content (AvgIpc) is 3.34. The van der Waals surface area contributed by atoms with Crippen molar-refractivity contribution in [3.05, 3.63) is 65.4 Å². The van der Waals surface area contributed by atoms with E-state index in [1.807, 2.05) is 58.0 Å². The molecule has 1 aromatic carbocycles. The van der Waals surface area contributed by atoms with Gasteiger partial charge in [-0.25, -0.2) is 0 Å². The van der Waals surface area contributed by atoms with Crippen LogP contribution in [0.3, 0.4) is 0 Å². The van der Waals surface area contributed by atoms with Crippen molar-refractivity contribution in [2.45, 2.75) is 65.9 Å². The van der Waals surface area contributed by atoms with Crippen molar-refractivity contribution in [3.8, 4) is 22.8 Å². The lowest BCUT2D eigenvalue weighted by molar-refractivity contribution is -0.118. The fourth-order valence-electron chi connectivity index (χ4n) is 4.09. The van der Waals surface area contributed by atoms with Crippen LogP contribution in [0.25, 0.3) is 16.8 Å². The Bertz CT molecular complexity index is 1290. The van der Waals surface area contributed by atoms with Crippen molar-refractivity contribution in [3.63, 3.8) is 0 Å². The van der Waals surface area contributed by atoms with Crippen molar-refractivity contribution >= 4 is 11.4 Å². The summed E-state index contributed by atoms with van der Waals surface area (Å²) in [6, 6.07) is 7.48. The number of Topliss-reactive ketones (excluding diaryl/α,β-unsaturated/α-hetero) is 1. The highest BCUT2D eigenvalue weighted by atomic mass is 19.1. The zero-order valence-electron chi connectivity index (χ0n) is 23.3. The number of methoxy groups -OCH3 is 1. The van der Waals surface area contributed by atoms with Gasteiger partial charge in [0, 0.05) is 17.3 Å². The minimum absolute atomic E-state index is 0.00640. The normalized spacial score (nSPS) is 15.3. The van der Waals surface area contributed by atoms with Crippen molar-refractivity contribution < 1.29 is 23.8 Å². The topological polar surface area (TPSA) is 97.3 Å². The number of aliphatic hydroxyl groups is 1. The Morgan fingerprint density at radius 2 is 2.03 bits per heavy atom. The van der Waals surface area contributed by atoms with E-state index in [1.165, 1.54) is 6.20 Å². The number of rotatable bonds is 7. The molecular weight excluding hydrogens is 485 g/mol. The van der Waals surface area contributed by atoms with Crippen LogP contribution in [0.15, 0.2) is 42.7 Å². The second kappa shape index (κ2) is 12.3. The first-order valence-corrected chi connectivity index (χ1v) is 12.9. The van der Waals surface area contributed by atoms with Crippen molar-refractivity contribution in [1.29, 1.82) is 0 Å². The number of ether oxygens (including phenoxy) is 2. The van der Waals surface area contributed by atoms with Crippen LogP contribution in [-0.2, 0) is 11.2 Å². The molecule has 38 heavy (non-hydrogen) atoms. The van der Waals surface area contributed by atoms with Gasteiger partial charge in [-0.15, -0.1) is 0 Å². The van der Waals surface area contributed by atoms with Crippen LogP contribution in [0.5, 0.6) is 11.5 Å². The van der Waals surface area contributed by atoms with Gasteiger partial charge in [0.2, 0.25) is 5.95 Å². The standard InChI is InChI=1S/C25H26FN3O3.C5H12O/c1-5-18(24(30)16-8-15-9-17(31-4)6-7-23(15)32-13-16)20-11-27-22(10-19(20)14(2)3)21-12-28-29-25(21)26;1-4-5(2,3)6/h5-7,9-12,14,16H,8,13H2,1-4H3,(H,28,29);6H,4H2,1-3H3/b18-5+;. The zero-order valence-corrected chi connectivity index (χ0v) is 23.3. The lowest BCUT2D eigenvalue weighted by Crippen LogP contribution is -2.29. The SMILES string of the molecule is C/C=C(/C(=O)C1COc2ccc(OC)cc2C1)c1cnc(-c2cn[nH]c2F)cc1C(C)C.CCC(C)(C)O. The Hall–Kier alpha value is -3.52. The number of halogens is 1. The highest BCUT2D eigenvalue weighted by Crippen LogP contribution is 2.35. The van der Waals surface area contributed by atoms with E-state index in [-0.39, 0.29) is 17.6 Å². The molecule has 0 fully saturated rings. The van der Waals surface area contributed by atoms with Gasteiger partial charge in [0.15, 0.2) is 5.78 Å². The third kappa shape index (κ3) is 6.86. The number of H-pyrrole nitrogens is 1. The summed E-state index contributed by atoms with van der Waals surface area (Å²) in [5.74, 6) is 0.791. The number of nitrogens with zero attached hydrogens (tertiary/aromatic N) is 2. The number of benzene rings is 1. The Kier molecular flexibility index (Phi) is 9.44. The van der Waals surface area contributed by atoms with Gasteiger partial charge < -0.3 is 14.6 Å². The van der Waals surface area contributed by atoms with Gasteiger partial charge in [0.1, 0.15) is 11.5 Å². The van der Waals surface area contributed by atoms with Gasteiger partial charge in [-0.2, -0.15) is 9.49 Å². The Morgan fingerprint density at radius 3 is 2.58 bits per heavy atom. The molecule has 1 atom stereocenters. The number of ketones is 1. The van der Waals surface area contributed by atoms with E-state index in [0.29, 0.717) is 29.9 Å². The molecule has 4 rings (SSSR count). The highest BCUT2D eigenvalue weighted by Gasteiger charge is 2.30. The molecule has 3 aromatic rings. The fourth-order valence-corrected chi connectivity index (χ4v) is 4.09. The average molecular weight is 524 g/mol. The predicted molar refractivity (Wildman–Crippen MR) is 147 cm³/mol. The maximum atomic E-state index is 14.0. The summed E-state index contributed by atoms with van der Waals surface area (Å²) in [5.41, 5.74) is 3.57. The van der Waals surface area contributed by atoms with Gasteiger partial charge in [0.05, 0.1) is 42.7 Å². The molecule has 1 unspecified atom stereocenters. The Balaban J connectivity index is 0.000000599. The smallest absolute Gasteiger partial charge is 0.218 e. The van der Waals surface area contributed by atoms with E-state index in [9.17, 15) is 9.18 Å². The first kappa shape index (κ1) is 29.0. The monoisotopic (exact) mass is 523 g/mol. The van der Waals surface area contributed by atoms with Crippen LogP contribution in [0.4, 0.5) is 4.39 Å². The second-order valence-electron chi connectivity index (χ2n) is 10.3. The molecule has 8 heteroatoms.